The van der Waals surface area contributed by atoms with E-state index >= 15 is 0 Å². The number of hydrogen-bond donors (Lipinski definition) is 2. The van der Waals surface area contributed by atoms with Gasteiger partial charge in [0.05, 0.1) is 25.1 Å². The van der Waals surface area contributed by atoms with Crippen molar-refractivity contribution in [1.82, 2.24) is 30.2 Å². The average molecular weight is 719 g/mol. The highest BCUT2D eigenvalue weighted by atomic mass is 19.4. The van der Waals surface area contributed by atoms with Gasteiger partial charge in [-0.3, -0.25) is 24.2 Å². The van der Waals surface area contributed by atoms with E-state index in [1.807, 2.05) is 55.5 Å². The fourth-order valence-corrected chi connectivity index (χ4v) is 6.75. The number of allylic oxidation sites excluding steroid dienone is 1. The lowest BCUT2D eigenvalue weighted by molar-refractivity contribution is -0.125. The molecule has 2 aromatic carbocycles. The molecule has 3 amide bonds. The van der Waals surface area contributed by atoms with Crippen LogP contribution in [0.2, 0.25) is 0 Å². The number of aromatic nitrogens is 2. The van der Waals surface area contributed by atoms with Crippen LogP contribution in [0, 0.1) is 0 Å². The fraction of sp³-hybridized carbons (Fsp3) is 0.378. The Hall–Kier alpha value is -5.28. The number of aliphatic imine (C=N–C) groups is 1. The first-order valence-electron chi connectivity index (χ1n) is 17.1. The first-order valence-corrected chi connectivity index (χ1v) is 17.1. The Morgan fingerprint density at radius 1 is 1.10 bits per heavy atom. The molecule has 4 heterocycles. The van der Waals surface area contributed by atoms with Gasteiger partial charge in [0.1, 0.15) is 17.6 Å². The van der Waals surface area contributed by atoms with Crippen LogP contribution in [-0.4, -0.2) is 108 Å². The SMILES string of the molecule is C=C(C(=O)NCc1cccc([C@@H]2c3cnn(-c4ccccc4)c3N(CC)C(=O)[C@H]2NC(=O)C2=NC(C(F)(F)F)=CCN2C)c1)C(C)N1CCOCC1. The number of alkyl halides is 3. The predicted molar refractivity (Wildman–Crippen MR) is 189 cm³/mol. The van der Waals surface area contributed by atoms with E-state index < -0.39 is 41.5 Å². The summed E-state index contributed by atoms with van der Waals surface area (Å²) in [4.78, 5) is 49.9. The summed E-state index contributed by atoms with van der Waals surface area (Å²) in [6.45, 7) is 10.6. The molecule has 3 atom stereocenters. The number of carbonyl (C=O) groups excluding carboxylic acids is 3. The number of carbonyl (C=O) groups is 3. The Morgan fingerprint density at radius 2 is 1.83 bits per heavy atom. The second-order valence-electron chi connectivity index (χ2n) is 12.9. The number of para-hydroxylation sites is 1. The van der Waals surface area contributed by atoms with Crippen LogP contribution in [0.4, 0.5) is 19.0 Å². The van der Waals surface area contributed by atoms with Crippen molar-refractivity contribution in [2.45, 2.75) is 44.6 Å². The molecule has 0 radical (unpaired) electrons. The van der Waals surface area contributed by atoms with Gasteiger partial charge in [0.15, 0.2) is 5.84 Å². The molecule has 1 fully saturated rings. The zero-order chi connectivity index (χ0) is 37.2. The third-order valence-corrected chi connectivity index (χ3v) is 9.62. The molecule has 1 unspecified atom stereocenters. The zero-order valence-electron chi connectivity index (χ0n) is 29.2. The number of hydrogen-bond acceptors (Lipinski definition) is 8. The molecule has 3 aliphatic rings. The third kappa shape index (κ3) is 7.37. The molecule has 274 valence electrons. The molecule has 1 saturated heterocycles. The first-order chi connectivity index (χ1) is 24.9. The van der Waals surface area contributed by atoms with E-state index in [1.165, 1.54) is 16.8 Å². The van der Waals surface area contributed by atoms with E-state index in [0.717, 1.165) is 11.6 Å². The molecule has 0 bridgehead atoms. The minimum Gasteiger partial charge on any atom is -0.379 e. The summed E-state index contributed by atoms with van der Waals surface area (Å²) in [7, 11) is 1.46. The topological polar surface area (TPSA) is 124 Å². The van der Waals surface area contributed by atoms with Crippen molar-refractivity contribution in [1.29, 1.82) is 0 Å². The Morgan fingerprint density at radius 3 is 2.52 bits per heavy atom. The van der Waals surface area contributed by atoms with Gasteiger partial charge in [-0.05, 0) is 43.2 Å². The highest BCUT2D eigenvalue weighted by Crippen LogP contribution is 2.41. The summed E-state index contributed by atoms with van der Waals surface area (Å²) in [5.74, 6) is -2.44. The van der Waals surface area contributed by atoms with Crippen LogP contribution >= 0.6 is 0 Å². The number of likely N-dealkylation sites (N-methyl/N-ethyl adjacent to an activating group) is 2. The molecular weight excluding hydrogens is 677 g/mol. The number of nitrogens with zero attached hydrogens (tertiary/aromatic N) is 6. The van der Waals surface area contributed by atoms with Gasteiger partial charge >= 0.3 is 6.18 Å². The molecule has 1 aromatic heterocycles. The van der Waals surface area contributed by atoms with Crippen molar-refractivity contribution in [2.75, 3.05) is 51.3 Å². The summed E-state index contributed by atoms with van der Waals surface area (Å²) >= 11 is 0. The molecular formula is C37H41F3N8O4. The Labute approximate surface area is 299 Å². The number of rotatable bonds is 10. The Bertz CT molecular complexity index is 1900. The van der Waals surface area contributed by atoms with Crippen LogP contribution in [0.1, 0.15) is 36.5 Å². The maximum Gasteiger partial charge on any atom is 0.433 e. The van der Waals surface area contributed by atoms with Gasteiger partial charge in [0.25, 0.3) is 11.8 Å². The summed E-state index contributed by atoms with van der Waals surface area (Å²) in [6.07, 6.45) is -2.21. The summed E-state index contributed by atoms with van der Waals surface area (Å²) < 4.78 is 47.9. The second-order valence-corrected chi connectivity index (χ2v) is 12.9. The third-order valence-electron chi connectivity index (χ3n) is 9.62. The van der Waals surface area contributed by atoms with Crippen molar-refractivity contribution in [2.24, 2.45) is 4.99 Å². The predicted octanol–water partition coefficient (Wildman–Crippen LogP) is 3.54. The van der Waals surface area contributed by atoms with Gasteiger partial charge in [0.2, 0.25) is 5.91 Å². The van der Waals surface area contributed by atoms with Gasteiger partial charge in [-0.25, -0.2) is 9.67 Å². The monoisotopic (exact) mass is 718 g/mol. The normalized spacial score (nSPS) is 20.1. The summed E-state index contributed by atoms with van der Waals surface area (Å²) in [5.41, 5.74) is 1.94. The molecule has 0 aliphatic carbocycles. The fourth-order valence-electron chi connectivity index (χ4n) is 6.75. The standard InChI is InChI=1S/C37H41F3N8O4/c1-5-47-35-28(22-42-48(35)27-12-7-6-8-13-27)30(31(36(47)51)44-34(50)32-43-29(37(38,39)40)14-15-45(32)4)26-11-9-10-25(20-26)21-41-33(49)23(2)24(3)46-16-18-52-19-17-46/h6-14,20,22,24,30-31H,2,5,15-19,21H2,1,3-4H3,(H,41,49)(H,44,50)/t24?,30-,31+/m1/s1. The van der Waals surface area contributed by atoms with E-state index in [4.69, 9.17) is 4.74 Å². The average Bonchev–Trinajstić information content (AvgIpc) is 3.58. The first kappa shape index (κ1) is 36.5. The minimum absolute atomic E-state index is 0.157. The molecule has 0 spiro atoms. The van der Waals surface area contributed by atoms with Crippen molar-refractivity contribution in [3.8, 4) is 5.69 Å². The zero-order valence-corrected chi connectivity index (χ0v) is 29.2. The summed E-state index contributed by atoms with van der Waals surface area (Å²) in [5, 5.41) is 10.3. The van der Waals surface area contributed by atoms with Gasteiger partial charge < -0.3 is 20.3 Å². The quantitative estimate of drug-likeness (QED) is 0.308. The molecule has 3 aromatic rings. The van der Waals surface area contributed by atoms with Crippen LogP contribution in [-0.2, 0) is 25.7 Å². The van der Waals surface area contributed by atoms with E-state index in [1.54, 1.807) is 23.9 Å². The van der Waals surface area contributed by atoms with Gasteiger partial charge in [-0.15, -0.1) is 0 Å². The minimum atomic E-state index is -4.75. The number of halogens is 3. The number of ether oxygens (including phenoxy) is 1. The van der Waals surface area contributed by atoms with Gasteiger partial charge in [-0.1, -0.05) is 49.0 Å². The van der Waals surface area contributed by atoms with Crippen LogP contribution in [0.3, 0.4) is 0 Å². The van der Waals surface area contributed by atoms with Crippen LogP contribution in [0.5, 0.6) is 0 Å². The molecule has 3 aliphatic heterocycles. The van der Waals surface area contributed by atoms with Crippen molar-refractivity contribution >= 4 is 29.4 Å². The maximum atomic E-state index is 14.4. The molecule has 15 heteroatoms. The summed E-state index contributed by atoms with van der Waals surface area (Å²) in [6, 6.07) is 15.1. The highest BCUT2D eigenvalue weighted by Gasteiger charge is 2.45. The van der Waals surface area contributed by atoms with Gasteiger partial charge in [0, 0.05) is 62.9 Å². The molecule has 0 saturated carbocycles. The maximum absolute atomic E-state index is 14.4. The van der Waals surface area contributed by atoms with E-state index in [-0.39, 0.29) is 31.6 Å². The Kier molecular flexibility index (Phi) is 10.6. The lowest BCUT2D eigenvalue weighted by Gasteiger charge is -2.38. The number of anilines is 1. The molecule has 2 N–H and O–H groups in total. The van der Waals surface area contributed by atoms with Crippen LogP contribution in [0.25, 0.3) is 5.69 Å². The number of benzene rings is 2. The second kappa shape index (κ2) is 15.1. The van der Waals surface area contributed by atoms with Crippen molar-refractivity contribution in [3.05, 3.63) is 101 Å². The van der Waals surface area contributed by atoms with Crippen molar-refractivity contribution in [3.63, 3.8) is 0 Å². The van der Waals surface area contributed by atoms with Crippen LogP contribution < -0.4 is 15.5 Å². The number of fused-ring (bicyclic) bond motifs is 1. The van der Waals surface area contributed by atoms with E-state index in [0.29, 0.717) is 54.5 Å². The molecule has 12 nitrogen and oxygen atoms in total. The Balaban J connectivity index is 1.34. The number of nitrogens with one attached hydrogen (secondary N) is 2. The largest absolute Gasteiger partial charge is 0.433 e. The molecule has 52 heavy (non-hydrogen) atoms. The number of amidine groups is 1. The van der Waals surface area contributed by atoms with Crippen LogP contribution in [0.15, 0.2) is 89.7 Å². The lowest BCUT2D eigenvalue weighted by Crippen LogP contribution is -2.58. The van der Waals surface area contributed by atoms with E-state index in [2.05, 4.69) is 32.2 Å². The molecule has 6 rings (SSSR count). The number of amides is 3. The van der Waals surface area contributed by atoms with E-state index in [9.17, 15) is 27.6 Å². The van der Waals surface area contributed by atoms with Crippen molar-refractivity contribution < 1.29 is 32.3 Å². The lowest BCUT2D eigenvalue weighted by atomic mass is 9.82. The highest BCUT2D eigenvalue weighted by molar-refractivity contribution is 6.38. The number of morpholine rings is 1. The van der Waals surface area contributed by atoms with Gasteiger partial charge in [-0.2, -0.15) is 18.3 Å². The smallest absolute Gasteiger partial charge is 0.379 e.